The van der Waals surface area contributed by atoms with E-state index in [4.69, 9.17) is 5.73 Å². The van der Waals surface area contributed by atoms with Crippen LogP contribution in [0.25, 0.3) is 0 Å². The molecule has 0 aliphatic heterocycles. The Morgan fingerprint density at radius 2 is 1.77 bits per heavy atom. The summed E-state index contributed by atoms with van der Waals surface area (Å²) >= 11 is 0. The third-order valence-electron chi connectivity index (χ3n) is 3.85. The van der Waals surface area contributed by atoms with Gasteiger partial charge in [-0.2, -0.15) is 0 Å². The number of pyridine rings is 1. The average molecular weight is 460 g/mol. The second-order valence-electron chi connectivity index (χ2n) is 6.39. The molecule has 2 rings (SSSR count). The lowest BCUT2D eigenvalue weighted by Crippen LogP contribution is -2.46. The summed E-state index contributed by atoms with van der Waals surface area (Å²) in [5.41, 5.74) is 6.11. The lowest BCUT2D eigenvalue weighted by Gasteiger charge is -2.16. The van der Waals surface area contributed by atoms with Gasteiger partial charge in [-0.25, -0.2) is 4.39 Å². The maximum atomic E-state index is 13.6. The highest BCUT2D eigenvalue weighted by molar-refractivity contribution is 6.06. The summed E-state index contributed by atoms with van der Waals surface area (Å²) in [7, 11) is 0. The first kappa shape index (κ1) is 27.2. The Labute approximate surface area is 186 Å². The summed E-state index contributed by atoms with van der Waals surface area (Å²) in [5, 5.41) is 7.45. The largest absolute Gasteiger partial charge is 0.346 e. The molecule has 164 valence electrons. The zero-order chi connectivity index (χ0) is 20.7. The fourth-order valence-electron chi connectivity index (χ4n) is 2.19. The van der Waals surface area contributed by atoms with Crippen molar-refractivity contribution >= 4 is 53.9 Å². The smallest absolute Gasteiger partial charge is 0.274 e. The number of nitrogens with two attached hydrogens (primary N) is 1. The molecule has 0 saturated heterocycles. The summed E-state index contributed by atoms with van der Waals surface area (Å²) in [6, 6.07) is 7.62. The Balaban J connectivity index is 0.00000420. The summed E-state index contributed by atoms with van der Waals surface area (Å²) < 4.78 is 13.6. The number of aromatic nitrogens is 1. The van der Waals surface area contributed by atoms with Crippen LogP contribution in [-0.2, 0) is 9.59 Å². The van der Waals surface area contributed by atoms with Crippen LogP contribution in [0.2, 0.25) is 0 Å². The van der Waals surface area contributed by atoms with Crippen molar-refractivity contribution in [1.29, 1.82) is 0 Å². The van der Waals surface area contributed by atoms with E-state index in [0.717, 1.165) is 12.1 Å². The van der Waals surface area contributed by atoms with Crippen molar-refractivity contribution in [3.05, 3.63) is 54.1 Å². The molecule has 0 bridgehead atoms. The Hall–Kier alpha value is -2.75. The Kier molecular flexibility index (Phi) is 11.6. The fourth-order valence-corrected chi connectivity index (χ4v) is 2.19. The third-order valence-corrected chi connectivity index (χ3v) is 3.85. The number of halogens is 3. The Morgan fingerprint density at radius 1 is 1.07 bits per heavy atom. The predicted octanol–water partition coefficient (Wildman–Crippen LogP) is 2.35. The Morgan fingerprint density at radius 3 is 2.37 bits per heavy atom. The van der Waals surface area contributed by atoms with E-state index in [2.05, 4.69) is 20.9 Å². The summed E-state index contributed by atoms with van der Waals surface area (Å²) in [6.07, 6.45) is 1.47. The van der Waals surface area contributed by atoms with Gasteiger partial charge in [-0.1, -0.05) is 19.9 Å². The van der Waals surface area contributed by atoms with Crippen molar-refractivity contribution in [3.8, 4) is 0 Å². The van der Waals surface area contributed by atoms with Crippen molar-refractivity contribution in [2.24, 2.45) is 11.7 Å². The van der Waals surface area contributed by atoms with Crippen LogP contribution < -0.4 is 21.7 Å². The zero-order valence-corrected chi connectivity index (χ0v) is 18.0. The van der Waals surface area contributed by atoms with Crippen LogP contribution in [0.1, 0.15) is 24.3 Å². The van der Waals surface area contributed by atoms with Crippen molar-refractivity contribution in [2.45, 2.75) is 19.9 Å². The molecule has 1 heterocycles. The molecule has 0 saturated carbocycles. The number of anilines is 2. The van der Waals surface area contributed by atoms with Gasteiger partial charge in [-0.3, -0.25) is 19.4 Å². The second kappa shape index (κ2) is 12.7. The number of rotatable bonds is 7. The molecule has 30 heavy (non-hydrogen) atoms. The molecule has 0 radical (unpaired) electrons. The van der Waals surface area contributed by atoms with Crippen LogP contribution in [0.15, 0.2) is 42.6 Å². The van der Waals surface area contributed by atoms with Gasteiger partial charge >= 0.3 is 0 Å². The van der Waals surface area contributed by atoms with E-state index in [1.165, 1.54) is 18.3 Å². The highest BCUT2D eigenvalue weighted by Gasteiger charge is 2.18. The quantitative estimate of drug-likeness (QED) is 0.505. The molecule has 0 unspecified atom stereocenters. The number of benzene rings is 1. The molecule has 0 fully saturated rings. The summed E-state index contributed by atoms with van der Waals surface area (Å²) in [6.45, 7) is 3.23. The number of amides is 3. The van der Waals surface area contributed by atoms with Crippen LogP contribution >= 0.6 is 24.8 Å². The number of hydrogen-bond donors (Lipinski definition) is 4. The molecule has 0 aliphatic carbocycles. The molecular formula is C19H24Cl2FN5O3. The summed E-state index contributed by atoms with van der Waals surface area (Å²) in [4.78, 5) is 40.1. The molecule has 5 N–H and O–H groups in total. The maximum Gasteiger partial charge on any atom is 0.274 e. The molecule has 8 nitrogen and oxygen atoms in total. The lowest BCUT2D eigenvalue weighted by molar-refractivity contribution is -0.125. The first-order valence-electron chi connectivity index (χ1n) is 8.63. The van der Waals surface area contributed by atoms with E-state index in [0.29, 0.717) is 0 Å². The van der Waals surface area contributed by atoms with Crippen molar-refractivity contribution in [1.82, 2.24) is 10.3 Å². The van der Waals surface area contributed by atoms with Gasteiger partial charge < -0.3 is 21.7 Å². The number of carbonyl (C=O) groups excluding carboxylic acids is 3. The van der Waals surface area contributed by atoms with E-state index < -0.39 is 29.6 Å². The highest BCUT2D eigenvalue weighted by Crippen LogP contribution is 2.23. The molecule has 3 amide bonds. The molecular weight excluding hydrogens is 436 g/mol. The standard InChI is InChI=1S/C19H22FN5O3.2ClH/c1-11(2)17(21)19(28)23-10-16(26)24-15-9-12(20)6-7-13(15)25-18(27)14-5-3-4-8-22-14;;/h3-9,11,17H,10,21H2,1-2H3,(H,23,28)(H,24,26)(H,25,27);2*1H/t17-;;/m0../s1. The molecule has 11 heteroatoms. The zero-order valence-electron chi connectivity index (χ0n) is 16.3. The van der Waals surface area contributed by atoms with Crippen LogP contribution in [0.3, 0.4) is 0 Å². The first-order chi connectivity index (χ1) is 13.3. The van der Waals surface area contributed by atoms with Gasteiger partial charge in [0.05, 0.1) is 24.0 Å². The number of nitrogens with one attached hydrogen (secondary N) is 3. The number of hydrogen-bond acceptors (Lipinski definition) is 5. The van der Waals surface area contributed by atoms with Crippen molar-refractivity contribution in [3.63, 3.8) is 0 Å². The van der Waals surface area contributed by atoms with Gasteiger partial charge in [-0.15, -0.1) is 24.8 Å². The van der Waals surface area contributed by atoms with E-state index in [-0.39, 0.29) is 54.3 Å². The molecule has 1 aromatic heterocycles. The lowest BCUT2D eigenvalue weighted by atomic mass is 10.1. The number of carbonyl (C=O) groups is 3. The highest BCUT2D eigenvalue weighted by atomic mass is 35.5. The minimum absolute atomic E-state index is 0. The van der Waals surface area contributed by atoms with E-state index in [1.807, 2.05) is 0 Å². The average Bonchev–Trinajstić information content (AvgIpc) is 2.68. The second-order valence-corrected chi connectivity index (χ2v) is 6.39. The minimum atomic E-state index is -0.741. The van der Waals surface area contributed by atoms with Gasteiger partial charge in [0.1, 0.15) is 11.5 Å². The van der Waals surface area contributed by atoms with Crippen LogP contribution in [0.4, 0.5) is 15.8 Å². The molecule has 1 aromatic carbocycles. The van der Waals surface area contributed by atoms with E-state index >= 15 is 0 Å². The van der Waals surface area contributed by atoms with E-state index in [9.17, 15) is 18.8 Å². The number of nitrogens with zero attached hydrogens (tertiary/aromatic N) is 1. The van der Waals surface area contributed by atoms with Crippen LogP contribution in [-0.4, -0.2) is 35.3 Å². The van der Waals surface area contributed by atoms with Gasteiger partial charge in [0, 0.05) is 6.20 Å². The van der Waals surface area contributed by atoms with Crippen LogP contribution in [0.5, 0.6) is 0 Å². The van der Waals surface area contributed by atoms with Gasteiger partial charge in [-0.05, 0) is 36.2 Å². The predicted molar refractivity (Wildman–Crippen MR) is 118 cm³/mol. The fraction of sp³-hybridized carbons (Fsp3) is 0.263. The molecule has 2 aromatic rings. The van der Waals surface area contributed by atoms with Crippen LogP contribution in [0, 0.1) is 11.7 Å². The molecule has 0 spiro atoms. The molecule has 1 atom stereocenters. The maximum absolute atomic E-state index is 13.6. The van der Waals surface area contributed by atoms with Gasteiger partial charge in [0.15, 0.2) is 0 Å². The van der Waals surface area contributed by atoms with Crippen molar-refractivity contribution in [2.75, 3.05) is 17.2 Å². The normalized spacial score (nSPS) is 10.8. The third kappa shape index (κ3) is 7.94. The molecule has 0 aliphatic rings. The summed E-state index contributed by atoms with van der Waals surface area (Å²) in [5.74, 6) is -2.26. The van der Waals surface area contributed by atoms with Gasteiger partial charge in [0.25, 0.3) is 5.91 Å². The van der Waals surface area contributed by atoms with Gasteiger partial charge in [0.2, 0.25) is 11.8 Å². The SMILES string of the molecule is CC(C)[C@H](N)C(=O)NCC(=O)Nc1cc(F)ccc1NC(=O)c1ccccn1.Cl.Cl. The Bertz CT molecular complexity index is 869. The van der Waals surface area contributed by atoms with E-state index in [1.54, 1.807) is 26.0 Å². The first-order valence-corrected chi connectivity index (χ1v) is 8.63. The topological polar surface area (TPSA) is 126 Å². The minimum Gasteiger partial charge on any atom is -0.346 e. The van der Waals surface area contributed by atoms with Crippen molar-refractivity contribution < 1.29 is 18.8 Å². The monoisotopic (exact) mass is 459 g/mol.